The van der Waals surface area contributed by atoms with E-state index in [0.29, 0.717) is 11.3 Å². The SMILES string of the molecule is CC(C)(C)c1cc(=O)n2nc(-c3ccc(F)cc3)cc2[nH]1. The molecule has 1 N–H and O–H groups in total. The summed E-state index contributed by atoms with van der Waals surface area (Å²) in [5.41, 5.74) is 2.56. The minimum Gasteiger partial charge on any atom is -0.343 e. The van der Waals surface area contributed by atoms with Crippen LogP contribution in [-0.4, -0.2) is 14.6 Å². The first-order valence-electron chi connectivity index (χ1n) is 6.74. The Morgan fingerprint density at radius 2 is 1.81 bits per heavy atom. The predicted molar refractivity (Wildman–Crippen MR) is 79.9 cm³/mol. The molecule has 21 heavy (non-hydrogen) atoms. The zero-order valence-corrected chi connectivity index (χ0v) is 12.1. The van der Waals surface area contributed by atoms with Crippen molar-refractivity contribution in [2.45, 2.75) is 26.2 Å². The van der Waals surface area contributed by atoms with Crippen LogP contribution in [0, 0.1) is 5.82 Å². The number of hydrogen-bond acceptors (Lipinski definition) is 2. The number of nitrogens with zero attached hydrogens (tertiary/aromatic N) is 2. The minimum atomic E-state index is -0.298. The van der Waals surface area contributed by atoms with Crippen molar-refractivity contribution in [1.29, 1.82) is 0 Å². The maximum atomic E-state index is 13.0. The standard InChI is InChI=1S/C16H16FN3O/c1-16(2,3)13-9-15(21)20-14(18-13)8-12(19-20)10-4-6-11(17)7-5-10/h4-9,18H,1-3H3. The molecule has 3 rings (SSSR count). The lowest BCUT2D eigenvalue weighted by atomic mass is 9.92. The number of fused-ring (bicyclic) bond motifs is 1. The van der Waals surface area contributed by atoms with E-state index < -0.39 is 0 Å². The van der Waals surface area contributed by atoms with Gasteiger partial charge >= 0.3 is 0 Å². The smallest absolute Gasteiger partial charge is 0.274 e. The number of aromatic amines is 1. The van der Waals surface area contributed by atoms with Crippen LogP contribution < -0.4 is 5.56 Å². The Labute approximate surface area is 121 Å². The Morgan fingerprint density at radius 3 is 2.43 bits per heavy atom. The fraction of sp³-hybridized carbons (Fsp3) is 0.250. The third-order valence-electron chi connectivity index (χ3n) is 3.40. The van der Waals surface area contributed by atoms with Crippen LogP contribution in [0.1, 0.15) is 26.5 Å². The van der Waals surface area contributed by atoms with Crippen LogP contribution in [0.2, 0.25) is 0 Å². The first-order chi connectivity index (χ1) is 9.84. The molecular weight excluding hydrogens is 269 g/mol. The average Bonchev–Trinajstić information content (AvgIpc) is 2.83. The van der Waals surface area contributed by atoms with E-state index in [4.69, 9.17) is 0 Å². The van der Waals surface area contributed by atoms with Gasteiger partial charge < -0.3 is 4.98 Å². The van der Waals surface area contributed by atoms with Crippen LogP contribution in [0.15, 0.2) is 41.2 Å². The highest BCUT2D eigenvalue weighted by atomic mass is 19.1. The lowest BCUT2D eigenvalue weighted by molar-refractivity contribution is 0.566. The van der Waals surface area contributed by atoms with Crippen molar-refractivity contribution in [2.75, 3.05) is 0 Å². The summed E-state index contributed by atoms with van der Waals surface area (Å²) >= 11 is 0. The van der Waals surface area contributed by atoms with Gasteiger partial charge in [0.2, 0.25) is 0 Å². The van der Waals surface area contributed by atoms with Gasteiger partial charge in [-0.2, -0.15) is 9.61 Å². The van der Waals surface area contributed by atoms with Crippen LogP contribution in [-0.2, 0) is 5.41 Å². The topological polar surface area (TPSA) is 50.2 Å². The zero-order chi connectivity index (χ0) is 15.2. The van der Waals surface area contributed by atoms with Gasteiger partial charge in [-0.05, 0) is 24.3 Å². The van der Waals surface area contributed by atoms with Gasteiger partial charge in [0.05, 0.1) is 5.69 Å². The predicted octanol–water partition coefficient (Wildman–Crippen LogP) is 3.13. The van der Waals surface area contributed by atoms with Gasteiger partial charge in [0, 0.05) is 28.8 Å². The van der Waals surface area contributed by atoms with Crippen molar-refractivity contribution in [3.05, 3.63) is 58.3 Å². The van der Waals surface area contributed by atoms with E-state index in [1.165, 1.54) is 16.6 Å². The largest absolute Gasteiger partial charge is 0.343 e. The Balaban J connectivity index is 2.18. The summed E-state index contributed by atoms with van der Waals surface area (Å²) in [4.78, 5) is 15.4. The summed E-state index contributed by atoms with van der Waals surface area (Å²) < 4.78 is 14.3. The minimum absolute atomic E-state index is 0.152. The van der Waals surface area contributed by atoms with Gasteiger partial charge in [0.1, 0.15) is 11.5 Å². The molecule has 0 aliphatic rings. The van der Waals surface area contributed by atoms with E-state index in [9.17, 15) is 9.18 Å². The number of aromatic nitrogens is 3. The fourth-order valence-corrected chi connectivity index (χ4v) is 2.16. The van der Waals surface area contributed by atoms with Gasteiger partial charge in [-0.15, -0.1) is 0 Å². The Bertz CT molecular complexity index is 854. The normalized spacial score (nSPS) is 12.0. The molecule has 4 nitrogen and oxygen atoms in total. The molecule has 1 aromatic carbocycles. The highest BCUT2D eigenvalue weighted by molar-refractivity contribution is 5.63. The maximum absolute atomic E-state index is 13.0. The highest BCUT2D eigenvalue weighted by Crippen LogP contribution is 2.22. The van der Waals surface area contributed by atoms with E-state index in [1.54, 1.807) is 24.3 Å². The number of benzene rings is 1. The quantitative estimate of drug-likeness (QED) is 0.746. The van der Waals surface area contributed by atoms with E-state index in [2.05, 4.69) is 10.1 Å². The molecule has 0 spiro atoms. The number of nitrogens with one attached hydrogen (secondary N) is 1. The Morgan fingerprint density at radius 1 is 1.14 bits per heavy atom. The lowest BCUT2D eigenvalue weighted by Gasteiger charge is -2.18. The van der Waals surface area contributed by atoms with Crippen LogP contribution in [0.4, 0.5) is 4.39 Å². The summed E-state index contributed by atoms with van der Waals surface area (Å²) in [5.74, 6) is -0.298. The van der Waals surface area contributed by atoms with E-state index in [0.717, 1.165) is 11.3 Å². The molecule has 2 heterocycles. The summed E-state index contributed by atoms with van der Waals surface area (Å²) in [7, 11) is 0. The first-order valence-corrected chi connectivity index (χ1v) is 6.74. The summed E-state index contributed by atoms with van der Waals surface area (Å²) in [5, 5.41) is 4.29. The second-order valence-electron chi connectivity index (χ2n) is 6.10. The molecule has 3 aromatic rings. The molecule has 108 valence electrons. The summed E-state index contributed by atoms with van der Waals surface area (Å²) in [6.07, 6.45) is 0. The van der Waals surface area contributed by atoms with Crippen LogP contribution in [0.25, 0.3) is 16.9 Å². The van der Waals surface area contributed by atoms with Crippen molar-refractivity contribution in [3.63, 3.8) is 0 Å². The summed E-state index contributed by atoms with van der Waals surface area (Å²) in [6, 6.07) is 9.40. The molecular formula is C16H16FN3O. The molecule has 5 heteroatoms. The van der Waals surface area contributed by atoms with Crippen LogP contribution in [0.3, 0.4) is 0 Å². The maximum Gasteiger partial charge on any atom is 0.274 e. The Kier molecular flexibility index (Phi) is 2.93. The number of halogens is 1. The molecule has 0 amide bonds. The lowest BCUT2D eigenvalue weighted by Crippen LogP contribution is -2.21. The highest BCUT2D eigenvalue weighted by Gasteiger charge is 2.17. The number of hydrogen-bond donors (Lipinski definition) is 1. The molecule has 0 atom stereocenters. The molecule has 2 aromatic heterocycles. The third-order valence-corrected chi connectivity index (χ3v) is 3.40. The van der Waals surface area contributed by atoms with Gasteiger partial charge in [-0.25, -0.2) is 4.39 Å². The first kappa shape index (κ1) is 13.5. The van der Waals surface area contributed by atoms with Gasteiger partial charge in [0.25, 0.3) is 5.56 Å². The van der Waals surface area contributed by atoms with Crippen molar-refractivity contribution in [3.8, 4) is 11.3 Å². The molecule has 0 fully saturated rings. The number of rotatable bonds is 1. The van der Waals surface area contributed by atoms with Crippen molar-refractivity contribution in [1.82, 2.24) is 14.6 Å². The molecule has 0 radical (unpaired) electrons. The van der Waals surface area contributed by atoms with Crippen LogP contribution in [0.5, 0.6) is 0 Å². The average molecular weight is 285 g/mol. The van der Waals surface area contributed by atoms with Crippen molar-refractivity contribution in [2.24, 2.45) is 0 Å². The van der Waals surface area contributed by atoms with Crippen molar-refractivity contribution < 1.29 is 4.39 Å². The molecule has 0 aliphatic heterocycles. The molecule has 0 aliphatic carbocycles. The van der Waals surface area contributed by atoms with E-state index >= 15 is 0 Å². The zero-order valence-electron chi connectivity index (χ0n) is 12.1. The monoisotopic (exact) mass is 285 g/mol. The van der Waals surface area contributed by atoms with Gasteiger partial charge in [0.15, 0.2) is 0 Å². The van der Waals surface area contributed by atoms with Crippen LogP contribution >= 0.6 is 0 Å². The molecule has 0 bridgehead atoms. The number of H-pyrrole nitrogens is 1. The summed E-state index contributed by atoms with van der Waals surface area (Å²) in [6.45, 7) is 6.10. The fourth-order valence-electron chi connectivity index (χ4n) is 2.16. The Hall–Kier alpha value is -2.43. The molecule has 0 unspecified atom stereocenters. The van der Waals surface area contributed by atoms with E-state index in [1.807, 2.05) is 20.8 Å². The second kappa shape index (κ2) is 4.55. The van der Waals surface area contributed by atoms with Crippen molar-refractivity contribution >= 4 is 5.65 Å². The van der Waals surface area contributed by atoms with E-state index in [-0.39, 0.29) is 16.8 Å². The van der Waals surface area contributed by atoms with Gasteiger partial charge in [-0.1, -0.05) is 20.8 Å². The van der Waals surface area contributed by atoms with Gasteiger partial charge in [-0.3, -0.25) is 4.79 Å². The molecule has 0 saturated carbocycles. The third kappa shape index (κ3) is 2.46. The second-order valence-corrected chi connectivity index (χ2v) is 6.10. The molecule has 0 saturated heterocycles.